The molecule has 496 valence electrons. The van der Waals surface area contributed by atoms with Crippen LogP contribution in [0.4, 0.5) is 0 Å². The number of aliphatic hydroxyl groups excluding tert-OH is 1. The summed E-state index contributed by atoms with van der Waals surface area (Å²) in [4.78, 5) is 0. The van der Waals surface area contributed by atoms with Gasteiger partial charge in [0, 0.05) is 17.4 Å². The molecule has 6 aromatic carbocycles. The first-order chi connectivity index (χ1) is 44.7. The Hall–Kier alpha value is -5.10. The Balaban J connectivity index is 0.946. The normalized spacial score (nSPS) is 31.7. The highest BCUT2D eigenvalue weighted by Gasteiger charge is 2.69. The lowest BCUT2D eigenvalue weighted by Gasteiger charge is -2.53. The van der Waals surface area contributed by atoms with E-state index in [1.165, 1.54) is 0 Å². The maximum absolute atomic E-state index is 13.1. The second-order valence-corrected chi connectivity index (χ2v) is 31.9. The molecule has 0 bridgehead atoms. The van der Waals surface area contributed by atoms with E-state index in [1.54, 1.807) is 0 Å². The van der Waals surface area contributed by atoms with E-state index >= 15 is 0 Å². The smallest absolute Gasteiger partial charge is 0.229 e. The van der Waals surface area contributed by atoms with Gasteiger partial charge in [0.05, 0.1) is 77.8 Å². The summed E-state index contributed by atoms with van der Waals surface area (Å²) in [7, 11) is -2.62. The average Bonchev–Trinajstić information content (AvgIpc) is 1.55. The van der Waals surface area contributed by atoms with E-state index in [9.17, 15) is 5.11 Å². The van der Waals surface area contributed by atoms with E-state index in [4.69, 9.17) is 70.7 Å². The van der Waals surface area contributed by atoms with Gasteiger partial charge >= 0.3 is 0 Å². The van der Waals surface area contributed by atoms with E-state index in [1.807, 2.05) is 189 Å². The van der Waals surface area contributed by atoms with Crippen LogP contribution in [-0.4, -0.2) is 132 Å². The molecule has 17 atom stereocenters. The van der Waals surface area contributed by atoms with Crippen molar-refractivity contribution in [2.75, 3.05) is 33.0 Å². The van der Waals surface area contributed by atoms with Crippen LogP contribution in [0.5, 0.6) is 0 Å². The number of benzene rings is 6. The topological polar surface area (TPSA) is 159 Å². The molecule has 11 rings (SSSR count). The zero-order valence-electron chi connectivity index (χ0n) is 54.9. The monoisotopic (exact) mass is 1280 g/mol. The summed E-state index contributed by atoms with van der Waals surface area (Å²) in [6.07, 6.45) is -11.9. The van der Waals surface area contributed by atoms with Crippen molar-refractivity contribution in [2.45, 2.75) is 203 Å². The molecule has 5 aliphatic heterocycles. The number of fused-ring (bicyclic) bond motifs is 1. The summed E-state index contributed by atoms with van der Waals surface area (Å²) in [5, 5.41) is 13.1. The van der Waals surface area contributed by atoms with Gasteiger partial charge in [-0.3, -0.25) is 0 Å². The highest BCUT2D eigenvalue weighted by atomic mass is 28.4. The minimum absolute atomic E-state index is 0.0541. The SMILES string of the molecule is CC1O[C@@H](O[Si](C(C)C)(C(C)C)C(C)C)[C@@H](C)C(O[C@@H]2OC(COCc3ccccc3)[C@@H](OCc3ccccc3)C(OCc3ccccc3)[C@H]2O)[C@H]1O[C@@H]1OC[C@@H](C)C(O[C@@]23COCC2(COCc2ccccc2)O[C@@H](c2ccccc2)O3)[C@H]1OCc1ccccc1. The predicted octanol–water partition coefficient (Wildman–Crippen LogP) is 13.2. The Labute approximate surface area is 545 Å². The zero-order valence-corrected chi connectivity index (χ0v) is 55.9. The minimum atomic E-state index is -2.62. The largest absolute Gasteiger partial charge is 0.391 e. The van der Waals surface area contributed by atoms with Crippen LogP contribution in [0.3, 0.4) is 0 Å². The molecule has 6 unspecified atom stereocenters. The third-order valence-corrected chi connectivity index (χ3v) is 25.1. The lowest BCUT2D eigenvalue weighted by atomic mass is 9.91. The first-order valence-electron chi connectivity index (χ1n) is 33.1. The number of rotatable bonds is 29. The molecule has 0 aliphatic carbocycles. The van der Waals surface area contributed by atoms with Crippen molar-refractivity contribution in [3.8, 4) is 0 Å². The van der Waals surface area contributed by atoms with E-state index in [-0.39, 0.29) is 75.4 Å². The van der Waals surface area contributed by atoms with Gasteiger partial charge in [-0.05, 0) is 51.4 Å². The lowest BCUT2D eigenvalue weighted by molar-refractivity contribution is -0.380. The van der Waals surface area contributed by atoms with Crippen molar-refractivity contribution >= 4 is 8.32 Å². The molecular formula is C75H96O16Si. The molecule has 6 aromatic rings. The lowest BCUT2D eigenvalue weighted by Crippen LogP contribution is -2.66. The number of hydrogen-bond acceptors (Lipinski definition) is 16. The Kier molecular flexibility index (Phi) is 23.5. The summed E-state index contributed by atoms with van der Waals surface area (Å²) in [6.45, 7) is 21.6. The average molecular weight is 1280 g/mol. The molecule has 5 saturated heterocycles. The first-order valence-corrected chi connectivity index (χ1v) is 35.2. The molecule has 0 spiro atoms. The van der Waals surface area contributed by atoms with Crippen LogP contribution in [0.25, 0.3) is 0 Å². The van der Waals surface area contributed by atoms with Gasteiger partial charge in [0.25, 0.3) is 0 Å². The molecule has 5 aliphatic rings. The van der Waals surface area contributed by atoms with Gasteiger partial charge in [-0.2, -0.15) is 0 Å². The fourth-order valence-electron chi connectivity index (χ4n) is 14.2. The summed E-state index contributed by atoms with van der Waals surface area (Å²) in [5.74, 6) is -2.25. The highest BCUT2D eigenvalue weighted by Crippen LogP contribution is 2.53. The number of ether oxygens (including phenoxy) is 14. The van der Waals surface area contributed by atoms with Gasteiger partial charge in [0.2, 0.25) is 14.1 Å². The van der Waals surface area contributed by atoms with Crippen LogP contribution < -0.4 is 0 Å². The van der Waals surface area contributed by atoms with Crippen molar-refractivity contribution in [2.24, 2.45) is 11.8 Å². The minimum Gasteiger partial charge on any atom is -0.391 e. The first kappa shape index (κ1) is 68.3. The molecule has 0 radical (unpaired) electrons. The second-order valence-electron chi connectivity index (χ2n) is 26.5. The Bertz CT molecular complexity index is 3100. The summed E-state index contributed by atoms with van der Waals surface area (Å²) in [6, 6.07) is 59.7. The van der Waals surface area contributed by atoms with E-state index in [0.717, 1.165) is 33.4 Å². The van der Waals surface area contributed by atoms with Gasteiger partial charge in [-0.1, -0.05) is 237 Å². The molecule has 5 fully saturated rings. The van der Waals surface area contributed by atoms with E-state index < -0.39 is 106 Å². The second kappa shape index (κ2) is 31.6. The third-order valence-electron chi connectivity index (χ3n) is 19.0. The Morgan fingerprint density at radius 1 is 0.489 bits per heavy atom. The Morgan fingerprint density at radius 3 is 1.50 bits per heavy atom. The molecule has 17 heteroatoms. The summed E-state index contributed by atoms with van der Waals surface area (Å²) < 4.78 is 106. The molecule has 16 nitrogen and oxygen atoms in total. The van der Waals surface area contributed by atoms with Gasteiger partial charge in [0.1, 0.15) is 43.2 Å². The van der Waals surface area contributed by atoms with Gasteiger partial charge in [0.15, 0.2) is 30.8 Å². The predicted molar refractivity (Wildman–Crippen MR) is 349 cm³/mol. The molecule has 1 N–H and O–H groups in total. The molecular weight excluding hydrogens is 1180 g/mol. The van der Waals surface area contributed by atoms with Crippen LogP contribution in [-0.2, 0) is 104 Å². The summed E-state index contributed by atoms with van der Waals surface area (Å²) >= 11 is 0. The fraction of sp³-hybridized carbons (Fsp3) is 0.520. The van der Waals surface area contributed by atoms with E-state index in [2.05, 4.69) is 55.4 Å². The maximum atomic E-state index is 13.1. The standard InChI is InChI=1S/C75H96O16Si/c1-50(2)92(51(3)4,52(5)6)91-70-54(8)65(86-72-63(76)68(81-44-59-34-22-13-23-35-59)67(80-43-58-32-20-12-21-33-58)62(85-72)46-77-41-56-28-16-10-17-29-56)66(55(9)84-70)87-73-69(82-45-60-36-24-14-25-37-60)64(53(7)40-83-73)88-75-49-79-48-74(75,47-78-42-57-30-18-11-19-31-57)89-71(90-75)61-38-26-15-27-39-61/h10-39,50-55,62-73,76H,40-49H2,1-9H3/t53-,54+,55?,62?,63-,64?,65?,66+,67-,68?,69-,70+,71-,72+,73+,74?,75-/m1/s1. The molecule has 92 heavy (non-hydrogen) atoms. The van der Waals surface area contributed by atoms with Crippen molar-refractivity contribution in [1.82, 2.24) is 0 Å². The fourth-order valence-corrected chi connectivity index (χ4v) is 19.6. The van der Waals surface area contributed by atoms with Gasteiger partial charge in [-0.15, -0.1) is 0 Å². The molecule has 0 saturated carbocycles. The molecule has 5 heterocycles. The highest BCUT2D eigenvalue weighted by molar-refractivity contribution is 6.77. The van der Waals surface area contributed by atoms with Crippen LogP contribution in [0.2, 0.25) is 16.6 Å². The quantitative estimate of drug-likeness (QED) is 0.0442. The third kappa shape index (κ3) is 15.7. The molecule has 0 aromatic heterocycles. The van der Waals surface area contributed by atoms with E-state index in [0.29, 0.717) is 13.2 Å². The van der Waals surface area contributed by atoms with Crippen molar-refractivity contribution in [3.63, 3.8) is 0 Å². The van der Waals surface area contributed by atoms with Crippen molar-refractivity contribution in [1.29, 1.82) is 0 Å². The molecule has 0 amide bonds. The number of hydrogen-bond donors (Lipinski definition) is 1. The number of aliphatic hydroxyl groups is 1. The van der Waals surface area contributed by atoms with Crippen molar-refractivity contribution < 1.29 is 75.8 Å². The van der Waals surface area contributed by atoms with Crippen LogP contribution in [0.1, 0.15) is 102 Å². The van der Waals surface area contributed by atoms with Gasteiger partial charge in [-0.25, -0.2) is 0 Å². The summed E-state index contributed by atoms with van der Waals surface area (Å²) in [5.41, 5.74) is 5.19. The van der Waals surface area contributed by atoms with Gasteiger partial charge < -0.3 is 75.8 Å². The van der Waals surface area contributed by atoms with Crippen molar-refractivity contribution in [3.05, 3.63) is 215 Å². The maximum Gasteiger partial charge on any atom is 0.229 e. The van der Waals surface area contributed by atoms with Crippen LogP contribution >= 0.6 is 0 Å². The zero-order chi connectivity index (χ0) is 64.2. The van der Waals surface area contributed by atoms with Crippen LogP contribution in [0.15, 0.2) is 182 Å². The van der Waals surface area contributed by atoms with Crippen LogP contribution in [0, 0.1) is 11.8 Å². The Morgan fingerprint density at radius 2 is 0.967 bits per heavy atom.